The Labute approximate surface area is 111 Å². The summed E-state index contributed by atoms with van der Waals surface area (Å²) in [6, 6.07) is 9.88. The summed E-state index contributed by atoms with van der Waals surface area (Å²) in [7, 11) is 0. The highest BCUT2D eigenvalue weighted by Crippen LogP contribution is 2.43. The van der Waals surface area contributed by atoms with Gasteiger partial charge in [-0.05, 0) is 36.1 Å². The number of hydrogen-bond donors (Lipinski definition) is 1. The largest absolute Gasteiger partial charge is 0.505 e. The van der Waals surface area contributed by atoms with Crippen LogP contribution >= 0.6 is 23.2 Å². The van der Waals surface area contributed by atoms with Gasteiger partial charge in [0, 0.05) is 0 Å². The summed E-state index contributed by atoms with van der Waals surface area (Å²) in [5.41, 5.74) is 3.72. The summed E-state index contributed by atoms with van der Waals surface area (Å²) in [4.78, 5) is 0. The zero-order valence-electron chi connectivity index (χ0n) is 9.59. The molecule has 0 aliphatic carbocycles. The zero-order chi connectivity index (χ0) is 12.6. The van der Waals surface area contributed by atoms with Crippen LogP contribution < -0.4 is 0 Å². The van der Waals surface area contributed by atoms with Crippen LogP contribution in [0.25, 0.3) is 11.1 Å². The number of halogens is 2. The van der Waals surface area contributed by atoms with Gasteiger partial charge in [-0.3, -0.25) is 0 Å². The van der Waals surface area contributed by atoms with Crippen molar-refractivity contribution in [3.8, 4) is 16.9 Å². The van der Waals surface area contributed by atoms with Gasteiger partial charge in [-0.25, -0.2) is 0 Å². The van der Waals surface area contributed by atoms with Crippen LogP contribution in [0.2, 0.25) is 10.0 Å². The van der Waals surface area contributed by atoms with E-state index in [-0.39, 0.29) is 5.75 Å². The molecule has 88 valence electrons. The third-order valence-corrected chi connectivity index (χ3v) is 3.81. The van der Waals surface area contributed by atoms with Gasteiger partial charge in [0.05, 0.1) is 10.0 Å². The Bertz CT molecular complexity index is 533. The fraction of sp³-hybridized carbons (Fsp3) is 0.143. The lowest BCUT2D eigenvalue weighted by molar-refractivity contribution is 0.475. The maximum atomic E-state index is 9.78. The Kier molecular flexibility index (Phi) is 3.32. The van der Waals surface area contributed by atoms with Crippen molar-refractivity contribution in [2.24, 2.45) is 0 Å². The maximum Gasteiger partial charge on any atom is 0.153 e. The first-order chi connectivity index (χ1) is 8.04. The second-order valence-corrected chi connectivity index (χ2v) is 4.72. The minimum atomic E-state index is -0.0389. The number of aromatic hydroxyl groups is 1. The highest BCUT2D eigenvalue weighted by Gasteiger charge is 2.17. The quantitative estimate of drug-likeness (QED) is 0.772. The average Bonchev–Trinajstić information content (AvgIpc) is 2.36. The molecule has 0 saturated heterocycles. The van der Waals surface area contributed by atoms with Gasteiger partial charge >= 0.3 is 0 Å². The summed E-state index contributed by atoms with van der Waals surface area (Å²) in [5, 5.41) is 10.4. The number of rotatable bonds is 1. The lowest BCUT2D eigenvalue weighted by Crippen LogP contribution is -1.91. The van der Waals surface area contributed by atoms with Crippen LogP contribution in [-0.4, -0.2) is 5.11 Å². The molecular weight excluding hydrogens is 255 g/mol. The Morgan fingerprint density at radius 3 is 1.82 bits per heavy atom. The van der Waals surface area contributed by atoms with Crippen LogP contribution in [0.4, 0.5) is 0 Å². The fourth-order valence-electron chi connectivity index (χ4n) is 1.99. The molecule has 0 amide bonds. The normalized spacial score (nSPS) is 10.6. The second-order valence-electron chi connectivity index (χ2n) is 3.97. The van der Waals surface area contributed by atoms with E-state index in [1.54, 1.807) is 0 Å². The Hall–Kier alpha value is -1.18. The van der Waals surface area contributed by atoms with Gasteiger partial charge in [-0.1, -0.05) is 53.5 Å². The summed E-state index contributed by atoms with van der Waals surface area (Å²) in [5.74, 6) is -0.0389. The molecule has 0 saturated carbocycles. The standard InChI is InChI=1S/C14H12Cl2O/c1-8-11(10-6-4-3-5-7-10)9(2)13(16)14(17)12(8)15/h3-7,17H,1-2H3. The van der Waals surface area contributed by atoms with Crippen molar-refractivity contribution in [1.29, 1.82) is 0 Å². The van der Waals surface area contributed by atoms with E-state index in [9.17, 15) is 5.11 Å². The molecule has 0 atom stereocenters. The molecule has 0 bridgehead atoms. The Morgan fingerprint density at radius 1 is 0.882 bits per heavy atom. The van der Waals surface area contributed by atoms with E-state index in [4.69, 9.17) is 23.2 Å². The van der Waals surface area contributed by atoms with Crippen molar-refractivity contribution in [3.63, 3.8) is 0 Å². The monoisotopic (exact) mass is 266 g/mol. The van der Waals surface area contributed by atoms with Crippen LogP contribution in [0.5, 0.6) is 5.75 Å². The minimum absolute atomic E-state index is 0.0389. The van der Waals surface area contributed by atoms with Crippen molar-refractivity contribution < 1.29 is 5.11 Å². The summed E-state index contributed by atoms with van der Waals surface area (Å²) in [6.07, 6.45) is 0. The number of benzene rings is 2. The average molecular weight is 267 g/mol. The second kappa shape index (κ2) is 4.59. The molecular formula is C14H12Cl2O. The van der Waals surface area contributed by atoms with E-state index in [0.717, 1.165) is 22.3 Å². The molecule has 17 heavy (non-hydrogen) atoms. The first kappa shape index (κ1) is 12.3. The predicted octanol–water partition coefficient (Wildman–Crippen LogP) is 4.98. The molecule has 1 nitrogen and oxygen atoms in total. The lowest BCUT2D eigenvalue weighted by atomic mass is 9.95. The van der Waals surface area contributed by atoms with E-state index < -0.39 is 0 Å². The van der Waals surface area contributed by atoms with E-state index in [1.807, 2.05) is 44.2 Å². The summed E-state index contributed by atoms with van der Waals surface area (Å²) < 4.78 is 0. The van der Waals surface area contributed by atoms with Crippen molar-refractivity contribution >= 4 is 23.2 Å². The predicted molar refractivity (Wildman–Crippen MR) is 73.0 cm³/mol. The molecule has 0 aromatic heterocycles. The molecule has 2 aromatic carbocycles. The molecule has 0 aliphatic heterocycles. The molecule has 0 spiro atoms. The van der Waals surface area contributed by atoms with Crippen LogP contribution in [0.1, 0.15) is 11.1 Å². The molecule has 2 aromatic rings. The molecule has 1 N–H and O–H groups in total. The van der Waals surface area contributed by atoms with E-state index in [0.29, 0.717) is 10.0 Å². The number of phenols is 1. The van der Waals surface area contributed by atoms with Crippen LogP contribution in [0, 0.1) is 13.8 Å². The van der Waals surface area contributed by atoms with E-state index >= 15 is 0 Å². The lowest BCUT2D eigenvalue weighted by Gasteiger charge is -2.15. The van der Waals surface area contributed by atoms with Gasteiger partial charge in [0.25, 0.3) is 0 Å². The highest BCUT2D eigenvalue weighted by atomic mass is 35.5. The fourth-order valence-corrected chi connectivity index (χ4v) is 2.42. The third kappa shape index (κ3) is 2.01. The Morgan fingerprint density at radius 2 is 1.35 bits per heavy atom. The Balaban J connectivity index is 2.80. The van der Waals surface area contributed by atoms with E-state index in [2.05, 4.69) is 0 Å². The van der Waals surface area contributed by atoms with Gasteiger partial charge < -0.3 is 5.11 Å². The minimum Gasteiger partial charge on any atom is -0.505 e. The van der Waals surface area contributed by atoms with Gasteiger partial charge in [0.2, 0.25) is 0 Å². The number of hydrogen-bond acceptors (Lipinski definition) is 1. The van der Waals surface area contributed by atoms with Crippen LogP contribution in [0.15, 0.2) is 30.3 Å². The summed E-state index contributed by atoms with van der Waals surface area (Å²) >= 11 is 12.2. The smallest absolute Gasteiger partial charge is 0.153 e. The van der Waals surface area contributed by atoms with E-state index in [1.165, 1.54) is 0 Å². The van der Waals surface area contributed by atoms with Crippen molar-refractivity contribution in [2.45, 2.75) is 13.8 Å². The van der Waals surface area contributed by atoms with Crippen LogP contribution in [-0.2, 0) is 0 Å². The summed E-state index contributed by atoms with van der Waals surface area (Å²) in [6.45, 7) is 3.77. The van der Waals surface area contributed by atoms with Crippen molar-refractivity contribution in [2.75, 3.05) is 0 Å². The van der Waals surface area contributed by atoms with Crippen LogP contribution in [0.3, 0.4) is 0 Å². The van der Waals surface area contributed by atoms with Gasteiger partial charge in [0.15, 0.2) is 5.75 Å². The third-order valence-electron chi connectivity index (χ3n) is 2.89. The van der Waals surface area contributed by atoms with Gasteiger partial charge in [0.1, 0.15) is 0 Å². The van der Waals surface area contributed by atoms with Crippen molar-refractivity contribution in [3.05, 3.63) is 51.5 Å². The van der Waals surface area contributed by atoms with Gasteiger partial charge in [-0.15, -0.1) is 0 Å². The molecule has 2 rings (SSSR count). The molecule has 0 fully saturated rings. The molecule has 3 heteroatoms. The maximum absolute atomic E-state index is 9.78. The topological polar surface area (TPSA) is 20.2 Å². The number of phenolic OH excluding ortho intramolecular Hbond substituents is 1. The first-order valence-corrected chi connectivity index (χ1v) is 6.02. The molecule has 0 aliphatic rings. The van der Waals surface area contributed by atoms with Crippen molar-refractivity contribution in [1.82, 2.24) is 0 Å². The molecule has 0 radical (unpaired) electrons. The zero-order valence-corrected chi connectivity index (χ0v) is 11.1. The SMILES string of the molecule is Cc1c(Cl)c(O)c(Cl)c(C)c1-c1ccccc1. The van der Waals surface area contributed by atoms with Gasteiger partial charge in [-0.2, -0.15) is 0 Å². The first-order valence-electron chi connectivity index (χ1n) is 5.26. The molecule has 0 heterocycles. The molecule has 0 unspecified atom stereocenters. The highest BCUT2D eigenvalue weighted by molar-refractivity contribution is 6.38.